The minimum Gasteiger partial charge on any atom is -0.315 e. The standard InChI is InChI=1S/C12H20N2O2S/c1-4-13-9-11(3)14-17(15,16)12-7-5-10(2)6-8-12/h5-8,11,13-14H,4,9H2,1-3H3. The van der Waals surface area contributed by atoms with Crippen molar-refractivity contribution >= 4 is 10.0 Å². The monoisotopic (exact) mass is 256 g/mol. The van der Waals surface area contributed by atoms with E-state index < -0.39 is 10.0 Å². The van der Waals surface area contributed by atoms with E-state index in [1.807, 2.05) is 20.8 Å². The maximum absolute atomic E-state index is 12.0. The fourth-order valence-electron chi connectivity index (χ4n) is 1.45. The minimum atomic E-state index is -3.40. The Labute approximate surface area is 103 Å². The zero-order chi connectivity index (χ0) is 12.9. The molecule has 0 heterocycles. The second-order valence-electron chi connectivity index (χ2n) is 4.14. The molecule has 0 saturated carbocycles. The molecule has 0 bridgehead atoms. The van der Waals surface area contributed by atoms with Gasteiger partial charge in [0, 0.05) is 12.6 Å². The van der Waals surface area contributed by atoms with Gasteiger partial charge in [-0.25, -0.2) is 13.1 Å². The lowest BCUT2D eigenvalue weighted by Crippen LogP contribution is -2.39. The lowest BCUT2D eigenvalue weighted by atomic mass is 10.2. The van der Waals surface area contributed by atoms with Crippen LogP contribution < -0.4 is 10.0 Å². The summed E-state index contributed by atoms with van der Waals surface area (Å²) >= 11 is 0. The highest BCUT2D eigenvalue weighted by atomic mass is 32.2. The quantitative estimate of drug-likeness (QED) is 0.806. The Balaban J connectivity index is 2.71. The van der Waals surface area contributed by atoms with Crippen molar-refractivity contribution < 1.29 is 8.42 Å². The molecule has 5 heteroatoms. The van der Waals surface area contributed by atoms with Crippen LogP contribution in [0.3, 0.4) is 0 Å². The SMILES string of the molecule is CCNCC(C)NS(=O)(=O)c1ccc(C)cc1. The van der Waals surface area contributed by atoms with Gasteiger partial charge in [0.25, 0.3) is 0 Å². The van der Waals surface area contributed by atoms with Gasteiger partial charge in [-0.1, -0.05) is 24.6 Å². The van der Waals surface area contributed by atoms with Gasteiger partial charge in [-0.05, 0) is 32.5 Å². The van der Waals surface area contributed by atoms with Crippen LogP contribution in [-0.2, 0) is 10.0 Å². The molecular formula is C12H20N2O2S. The first kappa shape index (κ1) is 14.2. The average molecular weight is 256 g/mol. The van der Waals surface area contributed by atoms with Gasteiger partial charge in [0.05, 0.1) is 4.90 Å². The van der Waals surface area contributed by atoms with Crippen LogP contribution in [0.25, 0.3) is 0 Å². The molecule has 1 unspecified atom stereocenters. The third kappa shape index (κ3) is 4.46. The van der Waals surface area contributed by atoms with Crippen molar-refractivity contribution in [2.24, 2.45) is 0 Å². The Hall–Kier alpha value is -0.910. The van der Waals surface area contributed by atoms with E-state index >= 15 is 0 Å². The summed E-state index contributed by atoms with van der Waals surface area (Å²) in [6, 6.07) is 6.71. The van der Waals surface area contributed by atoms with Crippen LogP contribution in [0.15, 0.2) is 29.2 Å². The summed E-state index contributed by atoms with van der Waals surface area (Å²) in [5, 5.41) is 3.10. The second-order valence-corrected chi connectivity index (χ2v) is 5.86. The van der Waals surface area contributed by atoms with Gasteiger partial charge in [0.15, 0.2) is 0 Å². The average Bonchev–Trinajstić information content (AvgIpc) is 2.26. The number of rotatable bonds is 6. The van der Waals surface area contributed by atoms with Crippen LogP contribution in [0.4, 0.5) is 0 Å². The Morgan fingerprint density at radius 2 is 1.82 bits per heavy atom. The van der Waals surface area contributed by atoms with Gasteiger partial charge >= 0.3 is 0 Å². The van der Waals surface area contributed by atoms with Crippen molar-refractivity contribution in [3.05, 3.63) is 29.8 Å². The fraction of sp³-hybridized carbons (Fsp3) is 0.500. The number of nitrogens with one attached hydrogen (secondary N) is 2. The summed E-state index contributed by atoms with van der Waals surface area (Å²) in [5.41, 5.74) is 1.05. The molecule has 1 atom stereocenters. The van der Waals surface area contributed by atoms with Crippen molar-refractivity contribution in [3.8, 4) is 0 Å². The number of benzene rings is 1. The zero-order valence-electron chi connectivity index (χ0n) is 10.5. The molecule has 1 aromatic carbocycles. The molecule has 17 heavy (non-hydrogen) atoms. The van der Waals surface area contributed by atoms with E-state index in [0.717, 1.165) is 12.1 Å². The predicted octanol–water partition coefficient (Wildman–Crippen LogP) is 1.27. The molecule has 96 valence electrons. The molecular weight excluding hydrogens is 236 g/mol. The summed E-state index contributed by atoms with van der Waals surface area (Å²) in [6.45, 7) is 7.21. The molecule has 2 N–H and O–H groups in total. The molecule has 0 radical (unpaired) electrons. The van der Waals surface area contributed by atoms with Gasteiger partial charge < -0.3 is 5.32 Å². The maximum Gasteiger partial charge on any atom is 0.240 e. The van der Waals surface area contributed by atoms with Gasteiger partial charge in [-0.15, -0.1) is 0 Å². The summed E-state index contributed by atoms with van der Waals surface area (Å²) < 4.78 is 26.6. The number of hydrogen-bond acceptors (Lipinski definition) is 3. The van der Waals surface area contributed by atoms with E-state index in [1.165, 1.54) is 0 Å². The molecule has 0 aliphatic rings. The Morgan fingerprint density at radius 1 is 1.24 bits per heavy atom. The van der Waals surface area contributed by atoms with E-state index in [9.17, 15) is 8.42 Å². The third-order valence-corrected chi connectivity index (χ3v) is 3.99. The smallest absolute Gasteiger partial charge is 0.240 e. The van der Waals surface area contributed by atoms with Crippen LogP contribution in [0.5, 0.6) is 0 Å². The Morgan fingerprint density at radius 3 is 2.35 bits per heavy atom. The fourth-order valence-corrected chi connectivity index (χ4v) is 2.70. The van der Waals surface area contributed by atoms with E-state index in [1.54, 1.807) is 24.3 Å². The van der Waals surface area contributed by atoms with E-state index in [0.29, 0.717) is 11.4 Å². The molecule has 1 rings (SSSR count). The highest BCUT2D eigenvalue weighted by Gasteiger charge is 2.16. The molecule has 0 aliphatic carbocycles. The lowest BCUT2D eigenvalue weighted by molar-refractivity contribution is 0.542. The maximum atomic E-state index is 12.0. The van der Waals surface area contributed by atoms with Crippen molar-refractivity contribution in [2.45, 2.75) is 31.7 Å². The molecule has 0 aliphatic heterocycles. The molecule has 0 spiro atoms. The van der Waals surface area contributed by atoms with E-state index in [4.69, 9.17) is 0 Å². The number of aryl methyl sites for hydroxylation is 1. The molecule has 4 nitrogen and oxygen atoms in total. The molecule has 1 aromatic rings. The summed E-state index contributed by atoms with van der Waals surface area (Å²) in [4.78, 5) is 0.312. The third-order valence-electron chi connectivity index (χ3n) is 2.39. The van der Waals surface area contributed by atoms with Crippen LogP contribution in [0, 0.1) is 6.92 Å². The number of sulfonamides is 1. The highest BCUT2D eigenvalue weighted by molar-refractivity contribution is 7.89. The lowest BCUT2D eigenvalue weighted by Gasteiger charge is -2.14. The largest absolute Gasteiger partial charge is 0.315 e. The number of hydrogen-bond donors (Lipinski definition) is 2. The predicted molar refractivity (Wildman–Crippen MR) is 69.5 cm³/mol. The topological polar surface area (TPSA) is 58.2 Å². The zero-order valence-corrected chi connectivity index (χ0v) is 11.3. The van der Waals surface area contributed by atoms with Crippen molar-refractivity contribution in [2.75, 3.05) is 13.1 Å². The Kier molecular flexibility index (Phi) is 5.11. The summed E-state index contributed by atoms with van der Waals surface area (Å²) in [7, 11) is -3.40. The van der Waals surface area contributed by atoms with Crippen molar-refractivity contribution in [3.63, 3.8) is 0 Å². The molecule has 0 fully saturated rings. The first-order valence-electron chi connectivity index (χ1n) is 5.75. The van der Waals surface area contributed by atoms with Crippen molar-refractivity contribution in [1.82, 2.24) is 10.0 Å². The molecule has 0 amide bonds. The van der Waals surface area contributed by atoms with E-state index in [-0.39, 0.29) is 6.04 Å². The summed E-state index contributed by atoms with van der Waals surface area (Å²) in [5.74, 6) is 0. The number of likely N-dealkylation sites (N-methyl/N-ethyl adjacent to an activating group) is 1. The van der Waals surface area contributed by atoms with Crippen molar-refractivity contribution in [1.29, 1.82) is 0 Å². The first-order valence-corrected chi connectivity index (χ1v) is 7.23. The van der Waals surface area contributed by atoms with Gasteiger partial charge in [-0.2, -0.15) is 0 Å². The molecule has 0 saturated heterocycles. The highest BCUT2D eigenvalue weighted by Crippen LogP contribution is 2.10. The van der Waals surface area contributed by atoms with Gasteiger partial charge in [-0.3, -0.25) is 0 Å². The minimum absolute atomic E-state index is 0.124. The molecule has 0 aromatic heterocycles. The van der Waals surface area contributed by atoms with Crippen LogP contribution >= 0.6 is 0 Å². The first-order chi connectivity index (χ1) is 7.95. The Bertz CT molecular complexity index is 440. The van der Waals surface area contributed by atoms with Crippen LogP contribution in [0.2, 0.25) is 0 Å². The second kappa shape index (κ2) is 6.14. The summed E-state index contributed by atoms with van der Waals surface area (Å²) in [6.07, 6.45) is 0. The van der Waals surface area contributed by atoms with Gasteiger partial charge in [0.2, 0.25) is 10.0 Å². The van der Waals surface area contributed by atoms with Crippen LogP contribution in [0.1, 0.15) is 19.4 Å². The van der Waals surface area contributed by atoms with E-state index in [2.05, 4.69) is 10.0 Å². The normalized spacial score (nSPS) is 13.6. The van der Waals surface area contributed by atoms with Crippen LogP contribution in [-0.4, -0.2) is 27.5 Å². The van der Waals surface area contributed by atoms with Gasteiger partial charge in [0.1, 0.15) is 0 Å².